The number of halogens is 1. The minimum atomic E-state index is -0.753. The largest absolute Gasteiger partial charge is 0.507 e. The molecule has 1 amide bonds. The molecule has 1 fully saturated rings. The zero-order valence-corrected chi connectivity index (χ0v) is 22.3. The Balaban J connectivity index is 1.52. The maximum Gasteiger partial charge on any atom is 0.295 e. The number of Topliss-reactive ketones (excluding diaryl/α,β-unsaturated/α-hetero) is 1. The molecule has 6 nitrogen and oxygen atoms in total. The van der Waals surface area contributed by atoms with Crippen molar-refractivity contribution in [1.82, 2.24) is 9.88 Å². The Labute approximate surface area is 229 Å². The van der Waals surface area contributed by atoms with Crippen LogP contribution in [0, 0.1) is 6.92 Å². The van der Waals surface area contributed by atoms with Gasteiger partial charge >= 0.3 is 0 Å². The van der Waals surface area contributed by atoms with Gasteiger partial charge in [0, 0.05) is 29.0 Å². The fraction of sp³-hybridized carbons (Fsp3) is 0.129. The van der Waals surface area contributed by atoms with E-state index in [1.807, 2.05) is 73.7 Å². The van der Waals surface area contributed by atoms with E-state index in [4.69, 9.17) is 4.74 Å². The van der Waals surface area contributed by atoms with E-state index in [0.717, 1.165) is 26.7 Å². The highest BCUT2D eigenvalue weighted by molar-refractivity contribution is 9.10. The minimum absolute atomic E-state index is 0.0577. The predicted molar refractivity (Wildman–Crippen MR) is 148 cm³/mol. The standard InChI is InChI=1S/C31H25BrN2O4/c1-20-16-25(38-19-21-6-3-2-4-7-21)13-14-26(20)29(35)27-28(23-9-11-24(32)12-10-23)34(31(37)30(27)36)18-22-8-5-15-33-17-22/h2-17,28,35H,18-19H2,1H3/t28-/m0/s1. The lowest BCUT2D eigenvalue weighted by Crippen LogP contribution is -2.29. The molecule has 5 rings (SSSR count). The van der Waals surface area contributed by atoms with Crippen molar-refractivity contribution in [3.8, 4) is 5.75 Å². The van der Waals surface area contributed by atoms with Crippen molar-refractivity contribution in [3.05, 3.63) is 135 Å². The van der Waals surface area contributed by atoms with Gasteiger partial charge < -0.3 is 14.7 Å². The molecule has 0 saturated carbocycles. The molecule has 0 spiro atoms. The normalized spacial score (nSPS) is 16.6. The number of nitrogens with zero attached hydrogens (tertiary/aromatic N) is 2. The Morgan fingerprint density at radius 1 is 0.974 bits per heavy atom. The molecule has 1 aliphatic heterocycles. The number of aromatic nitrogens is 1. The number of pyridine rings is 1. The Morgan fingerprint density at radius 2 is 1.71 bits per heavy atom. The van der Waals surface area contributed by atoms with E-state index in [1.54, 1.807) is 30.6 Å². The lowest BCUT2D eigenvalue weighted by molar-refractivity contribution is -0.140. The van der Waals surface area contributed by atoms with Gasteiger partial charge in [0.1, 0.15) is 18.1 Å². The average molecular weight is 569 g/mol. The number of carbonyl (C=O) groups excluding carboxylic acids is 2. The molecule has 0 bridgehead atoms. The number of rotatable bonds is 7. The van der Waals surface area contributed by atoms with Crippen molar-refractivity contribution in [3.63, 3.8) is 0 Å². The van der Waals surface area contributed by atoms with Crippen LogP contribution in [0.15, 0.2) is 107 Å². The van der Waals surface area contributed by atoms with Crippen molar-refractivity contribution >= 4 is 33.4 Å². The van der Waals surface area contributed by atoms with Crippen LogP contribution in [0.3, 0.4) is 0 Å². The predicted octanol–water partition coefficient (Wildman–Crippen LogP) is 6.35. The number of aliphatic hydroxyl groups is 1. The summed E-state index contributed by atoms with van der Waals surface area (Å²) in [5.74, 6) is -0.951. The van der Waals surface area contributed by atoms with E-state index in [0.29, 0.717) is 17.9 Å². The summed E-state index contributed by atoms with van der Waals surface area (Å²) in [5.41, 5.74) is 3.80. The number of hydrogen-bond donors (Lipinski definition) is 1. The minimum Gasteiger partial charge on any atom is -0.507 e. The van der Waals surface area contributed by atoms with Crippen molar-refractivity contribution in [2.45, 2.75) is 26.1 Å². The number of amides is 1. The Bertz CT molecular complexity index is 1500. The number of benzene rings is 3. The van der Waals surface area contributed by atoms with Gasteiger partial charge in [0.25, 0.3) is 11.7 Å². The topological polar surface area (TPSA) is 79.7 Å². The third-order valence-corrected chi connectivity index (χ3v) is 7.03. The summed E-state index contributed by atoms with van der Waals surface area (Å²) in [7, 11) is 0. The van der Waals surface area contributed by atoms with Gasteiger partial charge in [-0.25, -0.2) is 0 Å². The third kappa shape index (κ3) is 5.24. The van der Waals surface area contributed by atoms with Crippen LogP contribution in [0.5, 0.6) is 5.75 Å². The van der Waals surface area contributed by atoms with E-state index in [-0.39, 0.29) is 17.9 Å². The highest BCUT2D eigenvalue weighted by atomic mass is 79.9. The number of likely N-dealkylation sites (tertiary alicyclic amines) is 1. The van der Waals surface area contributed by atoms with E-state index >= 15 is 0 Å². The monoisotopic (exact) mass is 568 g/mol. The van der Waals surface area contributed by atoms with Gasteiger partial charge in [0.2, 0.25) is 0 Å². The van der Waals surface area contributed by atoms with Gasteiger partial charge in [-0.3, -0.25) is 14.6 Å². The second-order valence-electron chi connectivity index (χ2n) is 9.09. The number of aryl methyl sites for hydroxylation is 1. The molecule has 7 heteroatoms. The molecule has 3 aromatic carbocycles. The van der Waals surface area contributed by atoms with Crippen LogP contribution in [0.2, 0.25) is 0 Å². The quantitative estimate of drug-likeness (QED) is 0.159. The second kappa shape index (κ2) is 11.0. The molecule has 1 atom stereocenters. The molecule has 190 valence electrons. The van der Waals surface area contributed by atoms with E-state index in [2.05, 4.69) is 20.9 Å². The number of hydrogen-bond acceptors (Lipinski definition) is 5. The molecule has 4 aromatic rings. The highest BCUT2D eigenvalue weighted by Crippen LogP contribution is 2.41. The maximum absolute atomic E-state index is 13.4. The molecule has 1 aromatic heterocycles. The number of carbonyl (C=O) groups is 2. The van der Waals surface area contributed by atoms with Gasteiger partial charge in [0.05, 0.1) is 11.6 Å². The van der Waals surface area contributed by atoms with Crippen LogP contribution < -0.4 is 4.74 Å². The lowest BCUT2D eigenvalue weighted by Gasteiger charge is -2.25. The van der Waals surface area contributed by atoms with Crippen LogP contribution in [0.4, 0.5) is 0 Å². The average Bonchev–Trinajstić information content (AvgIpc) is 3.18. The number of ether oxygens (including phenoxy) is 1. The lowest BCUT2D eigenvalue weighted by atomic mass is 9.94. The molecular formula is C31H25BrN2O4. The Morgan fingerprint density at radius 3 is 2.39 bits per heavy atom. The smallest absolute Gasteiger partial charge is 0.295 e. The fourth-order valence-electron chi connectivity index (χ4n) is 4.60. The molecule has 2 heterocycles. The van der Waals surface area contributed by atoms with Crippen molar-refractivity contribution in [2.75, 3.05) is 0 Å². The summed E-state index contributed by atoms with van der Waals surface area (Å²) in [6.45, 7) is 2.43. The molecule has 0 aliphatic carbocycles. The van der Waals surface area contributed by atoms with Gasteiger partial charge in [-0.15, -0.1) is 0 Å². The molecule has 1 saturated heterocycles. The molecule has 1 N–H and O–H groups in total. The summed E-state index contributed by atoms with van der Waals surface area (Å²) < 4.78 is 6.79. The summed E-state index contributed by atoms with van der Waals surface area (Å²) in [5, 5.41) is 11.5. The van der Waals surface area contributed by atoms with Crippen LogP contribution in [0.1, 0.15) is 33.9 Å². The van der Waals surface area contributed by atoms with Crippen LogP contribution in [-0.2, 0) is 22.7 Å². The van der Waals surface area contributed by atoms with E-state index < -0.39 is 17.7 Å². The zero-order chi connectivity index (χ0) is 26.6. The Kier molecular flexibility index (Phi) is 7.38. The van der Waals surface area contributed by atoms with Gasteiger partial charge in [-0.05, 0) is 65.6 Å². The summed E-state index contributed by atoms with van der Waals surface area (Å²) in [4.78, 5) is 32.2. The highest BCUT2D eigenvalue weighted by Gasteiger charge is 2.46. The molecule has 0 unspecified atom stereocenters. The van der Waals surface area contributed by atoms with Crippen molar-refractivity contribution in [2.24, 2.45) is 0 Å². The van der Waals surface area contributed by atoms with Crippen LogP contribution >= 0.6 is 15.9 Å². The maximum atomic E-state index is 13.4. The first-order valence-corrected chi connectivity index (χ1v) is 12.9. The number of aliphatic hydroxyl groups excluding tert-OH is 1. The van der Waals surface area contributed by atoms with Crippen molar-refractivity contribution in [1.29, 1.82) is 0 Å². The van der Waals surface area contributed by atoms with Gasteiger partial charge in [-0.1, -0.05) is 64.5 Å². The molecule has 38 heavy (non-hydrogen) atoms. The van der Waals surface area contributed by atoms with Crippen LogP contribution in [0.25, 0.3) is 5.76 Å². The first-order valence-electron chi connectivity index (χ1n) is 12.1. The SMILES string of the molecule is Cc1cc(OCc2ccccc2)ccc1C(O)=C1C(=O)C(=O)N(Cc2cccnc2)[C@H]1c1ccc(Br)cc1. The summed E-state index contributed by atoms with van der Waals surface area (Å²) in [6.07, 6.45) is 3.32. The number of ketones is 1. The zero-order valence-electron chi connectivity index (χ0n) is 20.7. The fourth-order valence-corrected chi connectivity index (χ4v) is 4.87. The summed E-state index contributed by atoms with van der Waals surface area (Å²) >= 11 is 3.44. The first kappa shape index (κ1) is 25.4. The first-order chi connectivity index (χ1) is 18.4. The van der Waals surface area contributed by atoms with E-state index in [9.17, 15) is 14.7 Å². The Hall–Kier alpha value is -4.23. The molecular weight excluding hydrogens is 544 g/mol. The van der Waals surface area contributed by atoms with Gasteiger partial charge in [0.15, 0.2) is 0 Å². The van der Waals surface area contributed by atoms with Crippen LogP contribution in [-0.4, -0.2) is 26.7 Å². The van der Waals surface area contributed by atoms with Gasteiger partial charge in [-0.2, -0.15) is 0 Å². The molecule has 0 radical (unpaired) electrons. The van der Waals surface area contributed by atoms with Crippen molar-refractivity contribution < 1.29 is 19.4 Å². The third-order valence-electron chi connectivity index (χ3n) is 6.50. The summed E-state index contributed by atoms with van der Waals surface area (Å²) in [6, 6.07) is 25.4. The molecule has 1 aliphatic rings. The van der Waals surface area contributed by atoms with E-state index in [1.165, 1.54) is 4.90 Å². The second-order valence-corrected chi connectivity index (χ2v) is 10.0.